The molecule has 0 saturated heterocycles. The highest BCUT2D eigenvalue weighted by molar-refractivity contribution is 5.76. The van der Waals surface area contributed by atoms with Crippen molar-refractivity contribution in [2.24, 2.45) is 0 Å². The summed E-state index contributed by atoms with van der Waals surface area (Å²) in [6, 6.07) is 5.16. The molecule has 0 saturated carbocycles. The van der Waals surface area contributed by atoms with Crippen LogP contribution < -0.4 is 9.47 Å². The van der Waals surface area contributed by atoms with Crippen LogP contribution in [0.25, 0.3) is 0 Å². The Balaban J connectivity index is 2.66. The monoisotopic (exact) mass is 252 g/mol. The third kappa shape index (κ3) is 4.75. The van der Waals surface area contributed by atoms with Crippen LogP contribution in [0.4, 0.5) is 0 Å². The van der Waals surface area contributed by atoms with Gasteiger partial charge in [0.25, 0.3) is 0 Å². The van der Waals surface area contributed by atoms with Gasteiger partial charge < -0.3 is 14.2 Å². The quantitative estimate of drug-likeness (QED) is 0.500. The first-order chi connectivity index (χ1) is 8.81. The number of ether oxygens (including phenoxy) is 3. The third-order valence-electron chi connectivity index (χ3n) is 2.25. The number of benzene rings is 1. The summed E-state index contributed by atoms with van der Waals surface area (Å²) < 4.78 is 16.3. The van der Waals surface area contributed by atoms with Gasteiger partial charge in [-0.25, -0.2) is 0 Å². The number of hydrogen-bond acceptors (Lipinski definition) is 4. The molecule has 0 atom stereocenters. The van der Waals surface area contributed by atoms with Gasteiger partial charge in [0.2, 0.25) is 0 Å². The fourth-order valence-electron chi connectivity index (χ4n) is 1.40. The Morgan fingerprint density at radius 1 is 1.06 bits per heavy atom. The molecule has 0 radical (unpaired) electrons. The normalized spacial score (nSPS) is 10.1. The molecule has 0 fully saturated rings. The van der Waals surface area contributed by atoms with Crippen molar-refractivity contribution in [2.45, 2.75) is 20.3 Å². The van der Waals surface area contributed by atoms with Crippen molar-refractivity contribution in [3.8, 4) is 11.5 Å². The fraction of sp³-hybridized carbons (Fsp3) is 0.500. The van der Waals surface area contributed by atoms with Gasteiger partial charge in [0.1, 0.15) is 12.9 Å². The Morgan fingerprint density at radius 3 is 2.50 bits per heavy atom. The van der Waals surface area contributed by atoms with Gasteiger partial charge in [-0.05, 0) is 31.5 Å². The third-order valence-corrected chi connectivity index (χ3v) is 2.25. The van der Waals surface area contributed by atoms with Crippen molar-refractivity contribution >= 4 is 6.29 Å². The second-order valence-electron chi connectivity index (χ2n) is 3.72. The van der Waals surface area contributed by atoms with Gasteiger partial charge in [-0.1, -0.05) is 6.92 Å². The summed E-state index contributed by atoms with van der Waals surface area (Å²) in [7, 11) is 0. The van der Waals surface area contributed by atoms with E-state index in [0.717, 1.165) is 12.7 Å². The first kappa shape index (κ1) is 14.5. The molecule has 4 nitrogen and oxygen atoms in total. The molecule has 0 aliphatic carbocycles. The number of aldehydes is 1. The van der Waals surface area contributed by atoms with Gasteiger partial charge in [0, 0.05) is 12.2 Å². The lowest BCUT2D eigenvalue weighted by atomic mass is 10.2. The zero-order chi connectivity index (χ0) is 13.2. The zero-order valence-corrected chi connectivity index (χ0v) is 11.0. The SMILES string of the molecule is CCCOc1ccc(C=O)cc1OCCOCC. The molecule has 100 valence electrons. The van der Waals surface area contributed by atoms with Gasteiger partial charge in [-0.15, -0.1) is 0 Å². The van der Waals surface area contributed by atoms with Crippen LogP contribution >= 0.6 is 0 Å². The van der Waals surface area contributed by atoms with Crippen LogP contribution in [-0.4, -0.2) is 32.7 Å². The Labute approximate surface area is 108 Å². The topological polar surface area (TPSA) is 44.8 Å². The fourth-order valence-corrected chi connectivity index (χ4v) is 1.40. The van der Waals surface area contributed by atoms with Gasteiger partial charge in [0.15, 0.2) is 11.5 Å². The van der Waals surface area contributed by atoms with Gasteiger partial charge >= 0.3 is 0 Å². The average molecular weight is 252 g/mol. The van der Waals surface area contributed by atoms with Crippen LogP contribution in [0.2, 0.25) is 0 Å². The molecule has 0 aromatic heterocycles. The van der Waals surface area contributed by atoms with Crippen molar-refractivity contribution in [1.82, 2.24) is 0 Å². The predicted molar refractivity (Wildman–Crippen MR) is 69.6 cm³/mol. The number of rotatable bonds is 9. The van der Waals surface area contributed by atoms with Crippen LogP contribution in [-0.2, 0) is 4.74 Å². The summed E-state index contributed by atoms with van der Waals surface area (Å²) in [5.74, 6) is 1.26. The van der Waals surface area contributed by atoms with E-state index in [4.69, 9.17) is 14.2 Å². The Hall–Kier alpha value is -1.55. The van der Waals surface area contributed by atoms with E-state index in [9.17, 15) is 4.79 Å². The van der Waals surface area contributed by atoms with E-state index in [0.29, 0.717) is 43.5 Å². The summed E-state index contributed by atoms with van der Waals surface area (Å²) in [5, 5.41) is 0. The highest BCUT2D eigenvalue weighted by atomic mass is 16.5. The van der Waals surface area contributed by atoms with E-state index in [2.05, 4.69) is 0 Å². The molecule has 0 spiro atoms. The van der Waals surface area contributed by atoms with Crippen LogP contribution in [0.15, 0.2) is 18.2 Å². The maximum absolute atomic E-state index is 10.7. The lowest BCUT2D eigenvalue weighted by molar-refractivity contribution is 0.108. The number of carbonyl (C=O) groups is 1. The predicted octanol–water partition coefficient (Wildman–Crippen LogP) is 2.70. The van der Waals surface area contributed by atoms with E-state index >= 15 is 0 Å². The van der Waals surface area contributed by atoms with Crippen LogP contribution in [0.3, 0.4) is 0 Å². The van der Waals surface area contributed by atoms with Crippen LogP contribution in [0.5, 0.6) is 11.5 Å². The zero-order valence-electron chi connectivity index (χ0n) is 11.0. The molecule has 0 heterocycles. The molecule has 0 amide bonds. The average Bonchev–Trinajstić information content (AvgIpc) is 2.42. The summed E-state index contributed by atoms with van der Waals surface area (Å²) >= 11 is 0. The lowest BCUT2D eigenvalue weighted by Gasteiger charge is -2.12. The molecule has 0 bridgehead atoms. The second kappa shape index (κ2) is 8.53. The van der Waals surface area contributed by atoms with E-state index in [1.807, 2.05) is 13.8 Å². The molecule has 0 aliphatic heterocycles. The maximum Gasteiger partial charge on any atom is 0.162 e. The first-order valence-electron chi connectivity index (χ1n) is 6.24. The minimum absolute atomic E-state index is 0.443. The second-order valence-corrected chi connectivity index (χ2v) is 3.72. The Kier molecular flexibility index (Phi) is 6.87. The van der Waals surface area contributed by atoms with Crippen molar-refractivity contribution in [3.63, 3.8) is 0 Å². The summed E-state index contributed by atoms with van der Waals surface area (Å²) in [5.41, 5.74) is 0.574. The Morgan fingerprint density at radius 2 is 1.83 bits per heavy atom. The van der Waals surface area contributed by atoms with Crippen LogP contribution in [0, 0.1) is 0 Å². The molecule has 0 unspecified atom stereocenters. The lowest BCUT2D eigenvalue weighted by Crippen LogP contribution is -2.08. The van der Waals surface area contributed by atoms with Crippen molar-refractivity contribution in [1.29, 1.82) is 0 Å². The van der Waals surface area contributed by atoms with E-state index in [-0.39, 0.29) is 0 Å². The molecule has 1 aromatic rings. The van der Waals surface area contributed by atoms with E-state index in [1.165, 1.54) is 0 Å². The van der Waals surface area contributed by atoms with Crippen molar-refractivity contribution in [2.75, 3.05) is 26.4 Å². The molecule has 4 heteroatoms. The summed E-state index contributed by atoms with van der Waals surface area (Å²) in [6.07, 6.45) is 1.72. The molecule has 1 rings (SSSR count). The first-order valence-corrected chi connectivity index (χ1v) is 6.24. The van der Waals surface area contributed by atoms with Crippen LogP contribution in [0.1, 0.15) is 30.6 Å². The largest absolute Gasteiger partial charge is 0.490 e. The van der Waals surface area contributed by atoms with Gasteiger partial charge in [-0.3, -0.25) is 4.79 Å². The summed E-state index contributed by atoms with van der Waals surface area (Å²) in [6.45, 7) is 6.23. The number of hydrogen-bond donors (Lipinski definition) is 0. The summed E-state index contributed by atoms with van der Waals surface area (Å²) in [4.78, 5) is 10.7. The van der Waals surface area contributed by atoms with E-state index < -0.39 is 0 Å². The molecule has 0 N–H and O–H groups in total. The molecule has 1 aromatic carbocycles. The van der Waals surface area contributed by atoms with Gasteiger partial charge in [0.05, 0.1) is 13.2 Å². The van der Waals surface area contributed by atoms with E-state index in [1.54, 1.807) is 18.2 Å². The highest BCUT2D eigenvalue weighted by Crippen LogP contribution is 2.28. The molecular weight excluding hydrogens is 232 g/mol. The minimum atomic E-state index is 0.443. The van der Waals surface area contributed by atoms with Crippen molar-refractivity contribution in [3.05, 3.63) is 23.8 Å². The standard InChI is InChI=1S/C14H20O4/c1-3-7-17-13-6-5-12(11-15)10-14(13)18-9-8-16-4-2/h5-6,10-11H,3-4,7-9H2,1-2H3. The Bertz CT molecular complexity index is 363. The van der Waals surface area contributed by atoms with Gasteiger partial charge in [-0.2, -0.15) is 0 Å². The van der Waals surface area contributed by atoms with Crippen molar-refractivity contribution < 1.29 is 19.0 Å². The molecule has 18 heavy (non-hydrogen) atoms. The number of carbonyl (C=O) groups excluding carboxylic acids is 1. The smallest absolute Gasteiger partial charge is 0.162 e. The molecule has 0 aliphatic rings. The highest BCUT2D eigenvalue weighted by Gasteiger charge is 2.06. The molecular formula is C14H20O4. The minimum Gasteiger partial charge on any atom is -0.490 e. The maximum atomic E-state index is 10.7.